The van der Waals surface area contributed by atoms with Crippen LogP contribution < -0.4 is 10.1 Å². The summed E-state index contributed by atoms with van der Waals surface area (Å²) in [6, 6.07) is 2.59. The van der Waals surface area contributed by atoms with Gasteiger partial charge in [-0.05, 0) is 30.7 Å². The molecule has 15 heavy (non-hydrogen) atoms. The zero-order valence-corrected chi connectivity index (χ0v) is 10.9. The minimum Gasteiger partial charge on any atom is -0.496 e. The molecular formula is C12H21NOS. The molecule has 0 spiro atoms. The molecule has 0 fully saturated rings. The Morgan fingerprint density at radius 1 is 1.40 bits per heavy atom. The van der Waals surface area contributed by atoms with E-state index in [1.165, 1.54) is 11.3 Å². The molecule has 3 heteroatoms. The molecule has 1 rings (SSSR count). The minimum absolute atomic E-state index is 0.566. The van der Waals surface area contributed by atoms with E-state index in [1.54, 1.807) is 18.4 Å². The van der Waals surface area contributed by atoms with Crippen molar-refractivity contribution in [2.75, 3.05) is 7.11 Å². The lowest BCUT2D eigenvalue weighted by molar-refractivity contribution is 0.403. The van der Waals surface area contributed by atoms with Crippen LogP contribution in [0.1, 0.15) is 32.1 Å². The van der Waals surface area contributed by atoms with E-state index >= 15 is 0 Å². The van der Waals surface area contributed by atoms with Crippen molar-refractivity contribution in [1.82, 2.24) is 5.32 Å². The lowest BCUT2D eigenvalue weighted by atomic mass is 10.1. The average molecular weight is 227 g/mol. The standard InChI is InChI=1S/C12H21NOS/c1-9(2)7-10(3)13-8-12-11(14-4)5-6-15-12/h5-6,9-10,13H,7-8H2,1-4H3. The predicted molar refractivity (Wildman–Crippen MR) is 66.6 cm³/mol. The van der Waals surface area contributed by atoms with Crippen LogP contribution in [0.5, 0.6) is 5.75 Å². The number of hydrogen-bond acceptors (Lipinski definition) is 3. The van der Waals surface area contributed by atoms with Gasteiger partial charge >= 0.3 is 0 Å². The fourth-order valence-corrected chi connectivity index (χ4v) is 2.49. The van der Waals surface area contributed by atoms with Crippen LogP contribution in [0, 0.1) is 5.92 Å². The molecule has 1 atom stereocenters. The lowest BCUT2D eigenvalue weighted by Gasteiger charge is -2.15. The number of hydrogen-bond donors (Lipinski definition) is 1. The summed E-state index contributed by atoms with van der Waals surface area (Å²) in [7, 11) is 1.73. The van der Waals surface area contributed by atoms with E-state index in [1.807, 2.05) is 6.07 Å². The molecule has 1 aromatic rings. The first-order chi connectivity index (χ1) is 7.13. The van der Waals surface area contributed by atoms with Gasteiger partial charge < -0.3 is 10.1 Å². The summed E-state index contributed by atoms with van der Waals surface area (Å²) in [6.45, 7) is 7.66. The second-order valence-corrected chi connectivity index (χ2v) is 5.32. The van der Waals surface area contributed by atoms with E-state index in [-0.39, 0.29) is 0 Å². The van der Waals surface area contributed by atoms with Gasteiger partial charge in [0.15, 0.2) is 0 Å². The monoisotopic (exact) mass is 227 g/mol. The van der Waals surface area contributed by atoms with Gasteiger partial charge in [0.25, 0.3) is 0 Å². The first-order valence-electron chi connectivity index (χ1n) is 5.47. The third kappa shape index (κ3) is 4.22. The van der Waals surface area contributed by atoms with Gasteiger partial charge in [-0.1, -0.05) is 13.8 Å². The fourth-order valence-electron chi connectivity index (χ4n) is 1.70. The van der Waals surface area contributed by atoms with E-state index in [4.69, 9.17) is 4.74 Å². The maximum atomic E-state index is 5.27. The molecule has 0 aliphatic carbocycles. The Balaban J connectivity index is 2.36. The van der Waals surface area contributed by atoms with Crippen LogP contribution in [0.2, 0.25) is 0 Å². The van der Waals surface area contributed by atoms with Crippen molar-refractivity contribution < 1.29 is 4.74 Å². The number of methoxy groups -OCH3 is 1. The second-order valence-electron chi connectivity index (χ2n) is 4.32. The fraction of sp³-hybridized carbons (Fsp3) is 0.667. The molecule has 86 valence electrons. The van der Waals surface area contributed by atoms with E-state index in [9.17, 15) is 0 Å². The summed E-state index contributed by atoms with van der Waals surface area (Å²) in [4.78, 5) is 1.29. The molecule has 0 radical (unpaired) electrons. The molecule has 1 aromatic heterocycles. The van der Waals surface area contributed by atoms with Gasteiger partial charge in [0, 0.05) is 12.6 Å². The normalized spacial score (nSPS) is 13.1. The Labute approximate surface area is 96.7 Å². The summed E-state index contributed by atoms with van der Waals surface area (Å²) >= 11 is 1.75. The zero-order valence-electron chi connectivity index (χ0n) is 10.0. The second kappa shape index (κ2) is 6.13. The first kappa shape index (κ1) is 12.5. The Bertz CT molecular complexity index is 283. The molecule has 1 unspecified atom stereocenters. The number of nitrogens with one attached hydrogen (secondary N) is 1. The van der Waals surface area contributed by atoms with Crippen molar-refractivity contribution >= 4 is 11.3 Å². The molecule has 2 nitrogen and oxygen atoms in total. The van der Waals surface area contributed by atoms with Crippen LogP contribution in [0.3, 0.4) is 0 Å². The van der Waals surface area contributed by atoms with Crippen molar-refractivity contribution in [2.24, 2.45) is 5.92 Å². The number of rotatable bonds is 6. The van der Waals surface area contributed by atoms with Crippen LogP contribution in [0.15, 0.2) is 11.4 Å². The Morgan fingerprint density at radius 3 is 2.73 bits per heavy atom. The topological polar surface area (TPSA) is 21.3 Å². The third-order valence-electron chi connectivity index (χ3n) is 2.36. The van der Waals surface area contributed by atoms with Gasteiger partial charge in [-0.25, -0.2) is 0 Å². The molecule has 1 heterocycles. The molecule has 0 saturated carbocycles. The number of ether oxygens (including phenoxy) is 1. The maximum Gasteiger partial charge on any atom is 0.134 e. The minimum atomic E-state index is 0.566. The van der Waals surface area contributed by atoms with Crippen molar-refractivity contribution in [3.05, 3.63) is 16.3 Å². The third-order valence-corrected chi connectivity index (χ3v) is 3.26. The average Bonchev–Trinajstić information content (AvgIpc) is 2.60. The quantitative estimate of drug-likeness (QED) is 0.805. The lowest BCUT2D eigenvalue weighted by Crippen LogP contribution is -2.26. The van der Waals surface area contributed by atoms with E-state index < -0.39 is 0 Å². The van der Waals surface area contributed by atoms with Crippen LogP contribution in [0.25, 0.3) is 0 Å². The maximum absolute atomic E-state index is 5.27. The van der Waals surface area contributed by atoms with E-state index in [0.29, 0.717) is 6.04 Å². The molecule has 0 aromatic carbocycles. The van der Waals surface area contributed by atoms with Crippen molar-refractivity contribution in [3.8, 4) is 5.75 Å². The molecule has 0 bridgehead atoms. The van der Waals surface area contributed by atoms with Crippen LogP contribution in [-0.2, 0) is 6.54 Å². The van der Waals surface area contributed by atoms with Gasteiger partial charge in [-0.3, -0.25) is 0 Å². The summed E-state index contributed by atoms with van der Waals surface area (Å²) < 4.78 is 5.27. The molecule has 0 aliphatic rings. The Hall–Kier alpha value is -0.540. The predicted octanol–water partition coefficient (Wildman–Crippen LogP) is 3.28. The molecular weight excluding hydrogens is 206 g/mol. The first-order valence-corrected chi connectivity index (χ1v) is 6.35. The largest absolute Gasteiger partial charge is 0.496 e. The smallest absolute Gasteiger partial charge is 0.134 e. The zero-order chi connectivity index (χ0) is 11.3. The molecule has 0 saturated heterocycles. The summed E-state index contributed by atoms with van der Waals surface area (Å²) in [5.74, 6) is 1.75. The van der Waals surface area contributed by atoms with E-state index in [0.717, 1.165) is 18.2 Å². The van der Waals surface area contributed by atoms with Gasteiger partial charge in [-0.2, -0.15) is 0 Å². The van der Waals surface area contributed by atoms with Crippen LogP contribution >= 0.6 is 11.3 Å². The van der Waals surface area contributed by atoms with Crippen LogP contribution in [0.4, 0.5) is 0 Å². The van der Waals surface area contributed by atoms with E-state index in [2.05, 4.69) is 31.5 Å². The van der Waals surface area contributed by atoms with Crippen molar-refractivity contribution in [3.63, 3.8) is 0 Å². The summed E-state index contributed by atoms with van der Waals surface area (Å²) in [6.07, 6.45) is 1.22. The van der Waals surface area contributed by atoms with Crippen molar-refractivity contribution in [2.45, 2.75) is 39.8 Å². The van der Waals surface area contributed by atoms with Gasteiger partial charge in [0.1, 0.15) is 5.75 Å². The summed E-state index contributed by atoms with van der Waals surface area (Å²) in [5, 5.41) is 5.59. The Kier molecular flexibility index (Phi) is 5.12. The highest BCUT2D eigenvalue weighted by Gasteiger charge is 2.07. The highest BCUT2D eigenvalue weighted by atomic mass is 32.1. The van der Waals surface area contributed by atoms with Gasteiger partial charge in [0.2, 0.25) is 0 Å². The summed E-state index contributed by atoms with van der Waals surface area (Å²) in [5.41, 5.74) is 0. The van der Waals surface area contributed by atoms with Gasteiger partial charge in [0.05, 0.1) is 12.0 Å². The van der Waals surface area contributed by atoms with Crippen molar-refractivity contribution in [1.29, 1.82) is 0 Å². The molecule has 0 amide bonds. The SMILES string of the molecule is COc1ccsc1CNC(C)CC(C)C. The highest BCUT2D eigenvalue weighted by molar-refractivity contribution is 7.10. The Morgan fingerprint density at radius 2 is 2.13 bits per heavy atom. The molecule has 1 N–H and O–H groups in total. The van der Waals surface area contributed by atoms with Crippen LogP contribution in [-0.4, -0.2) is 13.2 Å². The highest BCUT2D eigenvalue weighted by Crippen LogP contribution is 2.24. The van der Waals surface area contributed by atoms with Gasteiger partial charge in [-0.15, -0.1) is 11.3 Å². The molecule has 0 aliphatic heterocycles. The number of thiophene rings is 1.